The van der Waals surface area contributed by atoms with E-state index in [1.54, 1.807) is 18.2 Å². The van der Waals surface area contributed by atoms with Crippen LogP contribution in [0.2, 0.25) is 0 Å². The lowest BCUT2D eigenvalue weighted by atomic mass is 9.88. The molecule has 1 aliphatic rings. The first-order chi connectivity index (χ1) is 14.7. The number of nitrogens with two attached hydrogens (primary N) is 1. The predicted molar refractivity (Wildman–Crippen MR) is 118 cm³/mol. The molecule has 1 heterocycles. The second kappa shape index (κ2) is 8.93. The van der Waals surface area contributed by atoms with Crippen molar-refractivity contribution in [1.29, 1.82) is 0 Å². The highest BCUT2D eigenvalue weighted by Gasteiger charge is 2.28. The number of hydrogen-bond donors (Lipinski definition) is 1. The Balaban J connectivity index is 1.72. The topological polar surface area (TPSA) is 68.5 Å². The molecule has 5 nitrogen and oxygen atoms in total. The number of aryl methyl sites for hydroxylation is 1. The third kappa shape index (κ3) is 4.11. The second-order valence-corrected chi connectivity index (χ2v) is 7.29. The number of benzene rings is 2. The first kappa shape index (κ1) is 19.9. The van der Waals surface area contributed by atoms with Crippen molar-refractivity contribution < 1.29 is 9.53 Å². The standard InChI is InChI=1S/C25H25N3O2/c1-30-21-14-13-18-10-7-12-22(23(18)16-21)24(26)28(17-20-11-5-6-15-27-20)25(29)19-8-3-2-4-9-19/h2-6,8-9,11-16,24H,7,10,17,26H2,1H3. The van der Waals surface area contributed by atoms with Crippen LogP contribution in [0, 0.1) is 0 Å². The van der Waals surface area contributed by atoms with Crippen molar-refractivity contribution in [2.24, 2.45) is 5.73 Å². The predicted octanol–water partition coefficient (Wildman–Crippen LogP) is 4.05. The molecule has 0 bridgehead atoms. The molecule has 2 aromatic carbocycles. The quantitative estimate of drug-likeness (QED) is 0.635. The van der Waals surface area contributed by atoms with E-state index in [2.05, 4.69) is 17.1 Å². The Kier molecular flexibility index (Phi) is 5.91. The molecule has 1 aromatic heterocycles. The number of methoxy groups -OCH3 is 1. The number of fused-ring (bicyclic) bond motifs is 1. The molecule has 1 atom stereocenters. The van der Waals surface area contributed by atoms with Crippen molar-refractivity contribution in [3.05, 3.63) is 101 Å². The fourth-order valence-electron chi connectivity index (χ4n) is 3.82. The molecule has 0 fully saturated rings. The van der Waals surface area contributed by atoms with Gasteiger partial charge >= 0.3 is 0 Å². The molecule has 4 rings (SSSR count). The Labute approximate surface area is 176 Å². The molecule has 1 amide bonds. The largest absolute Gasteiger partial charge is 0.497 e. The Morgan fingerprint density at radius 3 is 2.67 bits per heavy atom. The van der Waals surface area contributed by atoms with Crippen LogP contribution in [0.15, 0.2) is 79.0 Å². The van der Waals surface area contributed by atoms with Gasteiger partial charge in [0.2, 0.25) is 0 Å². The highest BCUT2D eigenvalue weighted by atomic mass is 16.5. The van der Waals surface area contributed by atoms with Crippen molar-refractivity contribution in [1.82, 2.24) is 9.88 Å². The maximum absolute atomic E-state index is 13.4. The van der Waals surface area contributed by atoms with Crippen molar-refractivity contribution in [3.63, 3.8) is 0 Å². The van der Waals surface area contributed by atoms with Crippen LogP contribution in [0.25, 0.3) is 5.57 Å². The second-order valence-electron chi connectivity index (χ2n) is 7.29. The van der Waals surface area contributed by atoms with Crippen LogP contribution in [0.5, 0.6) is 5.75 Å². The van der Waals surface area contributed by atoms with Crippen molar-refractivity contribution in [2.45, 2.75) is 25.6 Å². The normalized spacial score (nSPS) is 13.7. The molecule has 0 saturated heterocycles. The summed E-state index contributed by atoms with van der Waals surface area (Å²) < 4.78 is 5.42. The molecule has 0 spiro atoms. The van der Waals surface area contributed by atoms with Gasteiger partial charge in [-0.1, -0.05) is 36.4 Å². The van der Waals surface area contributed by atoms with Gasteiger partial charge in [0, 0.05) is 11.8 Å². The van der Waals surface area contributed by atoms with Crippen molar-refractivity contribution in [2.75, 3.05) is 7.11 Å². The van der Waals surface area contributed by atoms with E-state index in [9.17, 15) is 4.79 Å². The molecule has 0 saturated carbocycles. The number of allylic oxidation sites excluding steroid dienone is 1. The van der Waals surface area contributed by atoms with Crippen LogP contribution in [0.3, 0.4) is 0 Å². The summed E-state index contributed by atoms with van der Waals surface area (Å²) in [6.45, 7) is 0.326. The van der Waals surface area contributed by atoms with Gasteiger partial charge in [-0.2, -0.15) is 0 Å². The fraction of sp³-hybridized carbons (Fsp3) is 0.200. The lowest BCUT2D eigenvalue weighted by molar-refractivity contribution is 0.0705. The van der Waals surface area contributed by atoms with Gasteiger partial charge in [0.25, 0.3) is 5.91 Å². The molecular weight excluding hydrogens is 374 g/mol. The minimum absolute atomic E-state index is 0.121. The van der Waals surface area contributed by atoms with E-state index in [1.165, 1.54) is 5.56 Å². The Hall–Kier alpha value is -3.44. The number of carbonyl (C=O) groups is 1. The van der Waals surface area contributed by atoms with Gasteiger partial charge in [-0.05, 0) is 65.9 Å². The van der Waals surface area contributed by atoms with Crippen molar-refractivity contribution in [3.8, 4) is 5.75 Å². The van der Waals surface area contributed by atoms with Crippen LogP contribution in [0.4, 0.5) is 0 Å². The van der Waals surface area contributed by atoms with Crippen LogP contribution in [0.1, 0.15) is 33.6 Å². The summed E-state index contributed by atoms with van der Waals surface area (Å²) >= 11 is 0. The summed E-state index contributed by atoms with van der Waals surface area (Å²) in [4.78, 5) is 19.5. The lowest BCUT2D eigenvalue weighted by Gasteiger charge is -2.33. The Bertz CT molecular complexity index is 1050. The summed E-state index contributed by atoms with van der Waals surface area (Å²) in [5, 5.41) is 0. The van der Waals surface area contributed by atoms with E-state index in [-0.39, 0.29) is 5.91 Å². The molecule has 152 valence electrons. The highest BCUT2D eigenvalue weighted by Crippen LogP contribution is 2.33. The number of rotatable bonds is 6. The average molecular weight is 399 g/mol. The van der Waals surface area contributed by atoms with Gasteiger partial charge in [-0.25, -0.2) is 0 Å². The third-order valence-corrected chi connectivity index (χ3v) is 5.40. The number of aromatic nitrogens is 1. The zero-order valence-corrected chi connectivity index (χ0v) is 17.0. The van der Waals surface area contributed by atoms with Crippen LogP contribution >= 0.6 is 0 Å². The van der Waals surface area contributed by atoms with Gasteiger partial charge in [0.1, 0.15) is 11.9 Å². The first-order valence-electron chi connectivity index (χ1n) is 10.1. The molecule has 2 N–H and O–H groups in total. The summed E-state index contributed by atoms with van der Waals surface area (Å²) in [5.74, 6) is 0.657. The number of hydrogen-bond acceptors (Lipinski definition) is 4. The fourth-order valence-corrected chi connectivity index (χ4v) is 3.82. The molecular formula is C25H25N3O2. The number of nitrogens with zero attached hydrogens (tertiary/aromatic N) is 2. The number of amides is 1. The minimum atomic E-state index is -0.606. The van der Waals surface area contributed by atoms with E-state index in [1.807, 2.05) is 60.7 Å². The smallest absolute Gasteiger partial charge is 0.255 e. The average Bonchev–Trinajstić information content (AvgIpc) is 2.82. The van der Waals surface area contributed by atoms with Gasteiger partial charge in [0.05, 0.1) is 19.3 Å². The van der Waals surface area contributed by atoms with E-state index >= 15 is 0 Å². The van der Waals surface area contributed by atoms with E-state index < -0.39 is 6.17 Å². The van der Waals surface area contributed by atoms with Gasteiger partial charge in [-0.15, -0.1) is 0 Å². The zero-order valence-electron chi connectivity index (χ0n) is 17.0. The van der Waals surface area contributed by atoms with Gasteiger partial charge in [-0.3, -0.25) is 9.78 Å². The summed E-state index contributed by atoms with van der Waals surface area (Å²) in [5.41, 5.74) is 11.3. The van der Waals surface area contributed by atoms with E-state index in [0.717, 1.165) is 35.4 Å². The van der Waals surface area contributed by atoms with Crippen LogP contribution in [-0.4, -0.2) is 29.1 Å². The summed E-state index contributed by atoms with van der Waals surface area (Å²) in [6.07, 6.45) is 5.09. The molecule has 5 heteroatoms. The number of carbonyl (C=O) groups excluding carboxylic acids is 1. The lowest BCUT2D eigenvalue weighted by Crippen LogP contribution is -2.46. The molecule has 30 heavy (non-hydrogen) atoms. The first-order valence-corrected chi connectivity index (χ1v) is 10.1. The summed E-state index contributed by atoms with van der Waals surface area (Å²) in [6, 6.07) is 21.0. The molecule has 0 aliphatic heterocycles. The number of ether oxygens (including phenoxy) is 1. The third-order valence-electron chi connectivity index (χ3n) is 5.40. The summed E-state index contributed by atoms with van der Waals surface area (Å²) in [7, 11) is 1.65. The SMILES string of the molecule is COc1ccc2c(c1)C(C(N)N(Cc1ccccn1)C(=O)c1ccccc1)=CCC2. The zero-order chi connectivity index (χ0) is 20.9. The molecule has 3 aromatic rings. The van der Waals surface area contributed by atoms with Crippen molar-refractivity contribution >= 4 is 11.5 Å². The molecule has 0 radical (unpaired) electrons. The van der Waals surface area contributed by atoms with Gasteiger partial charge in [0.15, 0.2) is 0 Å². The van der Waals surface area contributed by atoms with Crippen LogP contribution in [-0.2, 0) is 13.0 Å². The molecule has 1 unspecified atom stereocenters. The molecule has 1 aliphatic carbocycles. The van der Waals surface area contributed by atoms with E-state index in [0.29, 0.717) is 12.1 Å². The maximum Gasteiger partial charge on any atom is 0.255 e. The van der Waals surface area contributed by atoms with Gasteiger partial charge < -0.3 is 15.4 Å². The Morgan fingerprint density at radius 1 is 1.13 bits per heavy atom. The Morgan fingerprint density at radius 2 is 1.93 bits per heavy atom. The van der Waals surface area contributed by atoms with E-state index in [4.69, 9.17) is 10.5 Å². The monoisotopic (exact) mass is 399 g/mol. The minimum Gasteiger partial charge on any atom is -0.497 e. The number of pyridine rings is 1. The highest BCUT2D eigenvalue weighted by molar-refractivity contribution is 5.95. The van der Waals surface area contributed by atoms with Crippen LogP contribution < -0.4 is 10.5 Å². The maximum atomic E-state index is 13.4.